The number of aromatic nitrogens is 10. The molecular formula is C58H56ClF6IN13NaO16S3. The predicted octanol–water partition coefficient (Wildman–Crippen LogP) is 6.68. The first-order valence-electron chi connectivity index (χ1n) is 27.9. The zero-order valence-electron chi connectivity index (χ0n) is 53.5. The van der Waals surface area contributed by atoms with Gasteiger partial charge in [0.05, 0.1) is 59.6 Å². The van der Waals surface area contributed by atoms with Crippen molar-refractivity contribution in [3.8, 4) is 17.8 Å². The molecule has 1 atom stereocenters. The summed E-state index contributed by atoms with van der Waals surface area (Å²) in [6.07, 6.45) is 2.53. The number of hydrogen-bond donors (Lipinski definition) is 3. The van der Waals surface area contributed by atoms with E-state index in [9.17, 15) is 75.6 Å². The largest absolute Gasteiger partial charge is 1.00 e. The van der Waals surface area contributed by atoms with Crippen LogP contribution in [-0.2, 0) is 57.4 Å². The number of H-pyrrole nitrogens is 1. The molecule has 29 nitrogen and oxygen atoms in total. The second-order valence-electron chi connectivity index (χ2n) is 20.1. The third-order valence-electron chi connectivity index (χ3n) is 12.8. The predicted molar refractivity (Wildman–Crippen MR) is 346 cm³/mol. The molecule has 99 heavy (non-hydrogen) atoms. The molecule has 9 rings (SSSR count). The third kappa shape index (κ3) is 21.5. The summed E-state index contributed by atoms with van der Waals surface area (Å²) in [6.45, 7) is 6.88. The summed E-state index contributed by atoms with van der Waals surface area (Å²) in [6, 6.07) is 14.2. The number of amides is 2. The van der Waals surface area contributed by atoms with E-state index in [1.165, 1.54) is 53.3 Å². The molecule has 2 amide bonds. The van der Waals surface area contributed by atoms with Crippen LogP contribution in [0.25, 0.3) is 21.3 Å². The van der Waals surface area contributed by atoms with Gasteiger partial charge in [-0.2, -0.15) is 41.1 Å². The van der Waals surface area contributed by atoms with Crippen molar-refractivity contribution in [2.75, 3.05) is 44.2 Å². The van der Waals surface area contributed by atoms with Crippen LogP contribution < -0.4 is 59.4 Å². The van der Waals surface area contributed by atoms with Crippen molar-refractivity contribution in [2.45, 2.75) is 80.6 Å². The topological polar surface area (TPSA) is 387 Å². The zero-order valence-corrected chi connectivity index (χ0v) is 60.9. The van der Waals surface area contributed by atoms with Gasteiger partial charge in [-0.15, -0.1) is 5.10 Å². The first kappa shape index (κ1) is 81.1. The number of hydrogen-bond acceptors (Lipinski definition) is 23. The minimum atomic E-state index is -4.76. The van der Waals surface area contributed by atoms with Crippen molar-refractivity contribution in [3.05, 3.63) is 166 Å². The Bertz CT molecular complexity index is 4890. The Morgan fingerprint density at radius 1 is 0.828 bits per heavy atom. The van der Waals surface area contributed by atoms with Gasteiger partial charge in [0.15, 0.2) is 39.9 Å². The maximum Gasteiger partial charge on any atom is 1.00 e. The minimum absolute atomic E-state index is 0. The molecule has 524 valence electrons. The number of nitrogens with zero attached hydrogens (tertiary/aromatic N) is 10. The molecule has 0 fully saturated rings. The number of fused-ring (bicyclic) bond motifs is 2. The number of methoxy groups -OCH3 is 3. The summed E-state index contributed by atoms with van der Waals surface area (Å²) < 4.78 is 185. The number of esters is 2. The van der Waals surface area contributed by atoms with E-state index >= 15 is 0 Å². The molecule has 0 spiro atoms. The summed E-state index contributed by atoms with van der Waals surface area (Å²) in [7, 11) is -8.23. The molecule has 0 bridgehead atoms. The molecule has 0 aliphatic rings. The number of para-hydroxylation sites is 1. The Balaban J connectivity index is 0.000000238. The van der Waals surface area contributed by atoms with Gasteiger partial charge in [-0.1, -0.05) is 37.4 Å². The molecule has 41 heteroatoms. The normalized spacial score (nSPS) is 11.6. The van der Waals surface area contributed by atoms with E-state index in [0.717, 1.165) is 73.3 Å². The van der Waals surface area contributed by atoms with Crippen LogP contribution in [0.3, 0.4) is 0 Å². The second-order valence-corrected chi connectivity index (χ2v) is 26.8. The van der Waals surface area contributed by atoms with Crippen LogP contribution in [0.1, 0.15) is 82.9 Å². The average molecular weight is 1590 g/mol. The van der Waals surface area contributed by atoms with Crippen LogP contribution in [0.5, 0.6) is 17.8 Å². The number of sulfonamides is 2. The van der Waals surface area contributed by atoms with Gasteiger partial charge in [-0.05, 0) is 129 Å². The number of alkyl halides is 3. The van der Waals surface area contributed by atoms with Gasteiger partial charge in [0.1, 0.15) is 40.0 Å². The summed E-state index contributed by atoms with van der Waals surface area (Å²) >= 11 is 8.00. The Labute approximate surface area is 600 Å². The molecule has 1 unspecified atom stereocenters. The summed E-state index contributed by atoms with van der Waals surface area (Å²) in [4.78, 5) is 81.8. The number of pyridine rings is 1. The summed E-state index contributed by atoms with van der Waals surface area (Å²) in [5.74, 6) is -4.89. The van der Waals surface area contributed by atoms with Crippen LogP contribution in [0.2, 0.25) is 5.02 Å². The van der Waals surface area contributed by atoms with Gasteiger partial charge in [-0.3, -0.25) is 33.9 Å². The molecule has 0 aliphatic carbocycles. The van der Waals surface area contributed by atoms with E-state index in [1.807, 2.05) is 41.6 Å². The number of carbonyl (C=O) groups excluding carboxylic acids is 4. The van der Waals surface area contributed by atoms with Crippen LogP contribution in [0, 0.1) is 34.9 Å². The summed E-state index contributed by atoms with van der Waals surface area (Å²) in [5.41, 5.74) is -3.48. The fourth-order valence-corrected chi connectivity index (χ4v) is 12.2. The van der Waals surface area contributed by atoms with E-state index in [1.54, 1.807) is 23.1 Å². The number of benzene rings is 4. The zero-order chi connectivity index (χ0) is 72.8. The summed E-state index contributed by atoms with van der Waals surface area (Å²) in [5, 5.41) is 8.74. The number of rotatable bonds is 20. The number of nitrogens with one attached hydrogen (secondary N) is 3. The standard InChI is InChI=1S/C18H22ClNO3.C14H13F3N2O4S.C14H14IN5O6S.C12H8F3N5O3S.Na/c1-3-4-5-7-13(2)23-17(21)12-22-16-10-9-15(19)14-8-6-11-20-18(14)16;1-7-11(13(21)19(2)18-7)12(20)9-5-4-8(14(15,16)17)6-10(9)24(3,22)23;1-7-16-12(19-14(17-7)26-3)18-13(22)20-27(23,24)10-6-8(15)4-5-9(10)11(21)25-2;1-23-12-16-5-8(15)10-17-11(18-20(10)12)24(21,22)19-9-6(13)3-2-4-7(9)14;/h6,8-11,13H,3-5,7,12H2,1-2H3;4-6,18H,1-3H3;4-6H,1-3H3,(H2,16,17,18,19,20,22);2-5,19H,1H3;/q;;;;+1/p-1. The number of anilines is 2. The minimum Gasteiger partial charge on any atom is -0.480 e. The van der Waals surface area contributed by atoms with Gasteiger partial charge in [0.25, 0.3) is 20.7 Å². The quantitative estimate of drug-likeness (QED) is 0.0179. The van der Waals surface area contributed by atoms with Crippen LogP contribution >= 0.6 is 34.2 Å². The van der Waals surface area contributed by atoms with E-state index in [-0.39, 0.29) is 88.9 Å². The third-order valence-corrected chi connectivity index (χ3v) is 17.4. The van der Waals surface area contributed by atoms with Crippen LogP contribution in [-0.4, -0.2) is 139 Å². The molecular weight excluding hydrogens is 1530 g/mol. The van der Waals surface area contributed by atoms with Crippen LogP contribution in [0.4, 0.5) is 42.8 Å². The molecule has 0 saturated heterocycles. The van der Waals surface area contributed by atoms with Gasteiger partial charge >= 0.3 is 59.7 Å². The van der Waals surface area contributed by atoms with E-state index in [2.05, 4.69) is 61.8 Å². The average Bonchev–Trinajstić information content (AvgIpc) is 1.70. The Hall–Kier alpha value is -8.61. The molecule has 5 heterocycles. The van der Waals surface area contributed by atoms with Gasteiger partial charge in [0.2, 0.25) is 15.8 Å². The van der Waals surface area contributed by atoms with Gasteiger partial charge < -0.3 is 33.7 Å². The number of halogens is 8. The number of aryl methyl sites for hydroxylation is 3. The number of carbonyl (C=O) groups is 4. The molecule has 0 radical (unpaired) electrons. The maximum absolute atomic E-state index is 13.7. The first-order valence-corrected chi connectivity index (χ1v) is 34.1. The number of aromatic amines is 1. The van der Waals surface area contributed by atoms with Gasteiger partial charge in [0, 0.05) is 39.7 Å². The smallest absolute Gasteiger partial charge is 0.480 e. The van der Waals surface area contributed by atoms with E-state index in [0.29, 0.717) is 42.8 Å². The van der Waals surface area contributed by atoms with Crippen molar-refractivity contribution in [1.29, 1.82) is 0 Å². The number of ketones is 1. The first-order chi connectivity index (χ1) is 45.9. The maximum atomic E-state index is 13.7. The molecule has 0 aliphatic heterocycles. The Kier molecular flexibility index (Phi) is 28.6. The number of urea groups is 1. The van der Waals surface area contributed by atoms with Crippen molar-refractivity contribution < 1.29 is 124 Å². The fourth-order valence-electron chi connectivity index (χ4n) is 8.35. The van der Waals surface area contributed by atoms with Gasteiger partial charge in [-0.25, -0.2) is 49.6 Å². The van der Waals surface area contributed by atoms with E-state index in [4.69, 9.17) is 30.5 Å². The van der Waals surface area contributed by atoms with Crippen molar-refractivity contribution in [2.24, 2.45) is 7.05 Å². The van der Waals surface area contributed by atoms with Crippen molar-refractivity contribution in [3.63, 3.8) is 0 Å². The molecule has 4 aromatic carbocycles. The van der Waals surface area contributed by atoms with Crippen LogP contribution in [0.15, 0.2) is 111 Å². The number of unbranched alkanes of at least 4 members (excludes halogenated alkanes) is 2. The Morgan fingerprint density at radius 3 is 2.11 bits per heavy atom. The Morgan fingerprint density at radius 2 is 1.51 bits per heavy atom. The van der Waals surface area contributed by atoms with Crippen molar-refractivity contribution >= 4 is 116 Å². The molecule has 5 aromatic heterocycles. The second kappa shape index (κ2) is 34.9. The number of ether oxygens (including phenoxy) is 5. The fraction of sp³-hybridized carbons (Fsp3) is 0.276. The molecule has 0 saturated carbocycles. The molecule has 9 aromatic rings. The monoisotopic (exact) mass is 1590 g/mol. The molecule has 3 N–H and O–H groups in total. The van der Waals surface area contributed by atoms with Crippen molar-refractivity contribution in [1.82, 2.24) is 49.3 Å². The SMILES string of the molecule is CCCCCC(C)OC(=O)COc1ccc(Cl)c2cccnc12.COC(=O)c1ccc(I)cc1S(=O)(=O)[N-]C(=O)Nc1nc(C)nc(OC)n1.COc1ncc(F)c2nc(S(=O)(=O)Nc3c(F)cccc3F)nn12.Cc1[nH]n(C)c(=O)c1C(=O)c1ccc(C(F)(F)F)cc1S(C)(=O)=O.[Na+]. The van der Waals surface area contributed by atoms with E-state index < -0.39 is 114 Å². The number of sulfone groups is 1.